The Morgan fingerprint density at radius 1 is 0.236 bits per heavy atom. The van der Waals surface area contributed by atoms with Gasteiger partial charge >= 0.3 is 0 Å². The molecule has 30 rings (SSSR count). The summed E-state index contributed by atoms with van der Waals surface area (Å²) in [6.45, 7) is 1.74. The fourth-order valence-electron chi connectivity index (χ4n) is 22.2. The number of benzene rings is 23. The molecule has 1 saturated carbocycles. The Kier molecular flexibility index (Phi) is 20.2. The van der Waals surface area contributed by atoms with Crippen molar-refractivity contribution in [3.63, 3.8) is 0 Å². The van der Waals surface area contributed by atoms with Crippen molar-refractivity contribution >= 4 is 215 Å². The second-order valence-electron chi connectivity index (χ2n) is 38.3. The minimum atomic E-state index is -0.243. The van der Waals surface area contributed by atoms with Crippen LogP contribution in [0.15, 0.2) is 500 Å². The molecule has 23 aromatic carbocycles. The highest BCUT2D eigenvalue weighted by atomic mass is 16.4. The van der Waals surface area contributed by atoms with Crippen LogP contribution in [-0.4, -0.2) is 15.0 Å². The van der Waals surface area contributed by atoms with Crippen molar-refractivity contribution in [1.82, 2.24) is 15.0 Å². The molecule has 1 fully saturated rings. The molecule has 29 aromatic rings. The van der Waals surface area contributed by atoms with Gasteiger partial charge in [0.05, 0.1) is 5.48 Å². The van der Waals surface area contributed by atoms with Gasteiger partial charge < -0.3 is 41.2 Å². The van der Waals surface area contributed by atoms with Crippen LogP contribution in [0.5, 0.6) is 0 Å². The summed E-state index contributed by atoms with van der Waals surface area (Å²) in [5.41, 5.74) is 27.6. The zero-order valence-electron chi connectivity index (χ0n) is 84.5. The van der Waals surface area contributed by atoms with Crippen LogP contribution in [0, 0.1) is 6.92 Å². The minimum Gasteiger partial charge on any atom is -0.456 e. The van der Waals surface area contributed by atoms with Crippen LogP contribution in [0.3, 0.4) is 0 Å². The van der Waals surface area contributed by atoms with Crippen LogP contribution >= 0.6 is 0 Å². The lowest BCUT2D eigenvalue weighted by Crippen LogP contribution is -2.10. The SMILES string of the molecule is [2HH].[2H]c1c([2H])c([2H])c(-c2ccc(N(c3ccc4oc5ccccc5c4c3)c3ccc4ccc5ccc6nc(-c7ccccc7)oc6c5c4c3)cc2)c(C)c1[2H].c1ccc(-c2nc3ccc4ccc5ccc(-c6ccc(N(c7ccccc7)c7ccc8c(c7)oc7ccccc78)cc6)cc5c4c3o2)cc1.c1ccc(-c2nc3ccc4ccc5ccc(N(c6ccc(C7CCCCC7)cc6)c6ccc7oc8ccccc8c7c6)cc5c4c3o2)cc1. The van der Waals surface area contributed by atoms with Crippen LogP contribution in [0.4, 0.5) is 51.2 Å². The van der Waals surface area contributed by atoms with E-state index in [4.69, 9.17) is 46.9 Å². The van der Waals surface area contributed by atoms with Crippen molar-refractivity contribution in [1.29, 1.82) is 0 Å². The quantitative estimate of drug-likeness (QED) is 0.0907. The summed E-state index contributed by atoms with van der Waals surface area (Å²) in [6.07, 6.45) is 6.58. The van der Waals surface area contributed by atoms with Crippen molar-refractivity contribution in [3.8, 4) is 56.6 Å². The maximum atomic E-state index is 8.67. The molecular weight excluding hydrogens is 1810 g/mol. The molecular formula is C136H94N6O6. The Bertz CT molecular complexity index is 10400. The lowest BCUT2D eigenvalue weighted by molar-refractivity contribution is 0.443. The molecule has 0 radical (unpaired) electrons. The van der Waals surface area contributed by atoms with E-state index in [0.717, 1.165) is 243 Å². The molecule has 148 heavy (non-hydrogen) atoms. The molecule has 0 saturated heterocycles. The summed E-state index contributed by atoms with van der Waals surface area (Å²) >= 11 is 0. The summed E-state index contributed by atoms with van der Waals surface area (Å²) in [5, 5.41) is 19.7. The molecule has 1 aliphatic carbocycles. The molecule has 1 aliphatic rings. The number of oxazole rings is 3. The van der Waals surface area contributed by atoms with E-state index < -0.39 is 0 Å². The standard InChI is InChI=1S/C46H30N2O2.C45H28N2O2.C45H34N2O2.H2/c1-29-9-5-6-12-37(29)30-17-21-34(22-18-30)48(36-24-26-43-40(28-36)38-13-7-8-14-42(38)49-43)35-23-19-31-15-16-32-20-25-41-45(44(32)39(31)27-35)50-46(47-41)33-10-3-2-4-11-33;1-3-9-32(10-4-1)45-46-40-26-21-31-17-15-30-16-18-33(27-39(30)43(31)44(40)49-45)29-19-22-35(23-20-29)47(34-11-5-2-6-12-34)36-24-25-38-37-13-7-8-14-41(37)48-42(38)28-36;1-3-9-29(10-4-1)30-17-21-34(22-18-30)47(36-24-26-42-39(28-36)37-13-7-8-14-41(37)48-42)35-23-19-31-15-16-32-20-25-40-44(43(32)38(31)27-35)49-45(46-40)33-11-5-2-6-12-33;/h2-28H,1H3;1-28H;2,5-8,11-29H,1,3-4,9-10H2;1H/i5D,6D,9D,12D;;;1+1. The van der Waals surface area contributed by atoms with Crippen LogP contribution < -0.4 is 14.7 Å². The molecule has 0 unspecified atom stereocenters. The number of nitrogens with zero attached hydrogens (tertiary/aromatic N) is 6. The number of fused-ring (bicyclic) bond motifs is 24. The van der Waals surface area contributed by atoms with Gasteiger partial charge in [0.25, 0.3) is 0 Å². The molecule has 0 N–H and O–H groups in total. The predicted molar refractivity (Wildman–Crippen MR) is 613 cm³/mol. The van der Waals surface area contributed by atoms with Gasteiger partial charge in [0, 0.05) is 124 Å². The van der Waals surface area contributed by atoms with E-state index in [1.807, 2.05) is 182 Å². The first-order valence-corrected chi connectivity index (χ1v) is 50.4. The van der Waals surface area contributed by atoms with Crippen molar-refractivity contribution in [2.45, 2.75) is 44.9 Å². The number of furan rings is 3. The Morgan fingerprint density at radius 2 is 0.554 bits per heavy atom. The highest BCUT2D eigenvalue weighted by molar-refractivity contribution is 6.22. The average molecular weight is 1910 g/mol. The minimum absolute atomic E-state index is 0. The van der Waals surface area contributed by atoms with E-state index in [1.165, 1.54) is 37.7 Å². The molecule has 0 spiro atoms. The number of hydrogen-bond donors (Lipinski definition) is 0. The molecule has 704 valence electrons. The first kappa shape index (κ1) is 82.4. The zero-order valence-corrected chi connectivity index (χ0v) is 80.5. The van der Waals surface area contributed by atoms with Gasteiger partial charge in [-0.25, -0.2) is 15.0 Å². The van der Waals surface area contributed by atoms with Crippen molar-refractivity contribution in [2.75, 3.05) is 14.7 Å². The van der Waals surface area contributed by atoms with Crippen LogP contribution in [-0.2, 0) is 0 Å². The lowest BCUT2D eigenvalue weighted by Gasteiger charge is -2.27. The Morgan fingerprint density at radius 3 is 1.03 bits per heavy atom. The average Bonchev–Trinajstić information content (AvgIpc) is 1.69. The summed E-state index contributed by atoms with van der Waals surface area (Å²) in [4.78, 5) is 21.5. The van der Waals surface area contributed by atoms with Gasteiger partial charge in [-0.1, -0.05) is 286 Å². The molecule has 0 amide bonds. The summed E-state index contributed by atoms with van der Waals surface area (Å²) in [5.74, 6) is 2.50. The number of hydrogen-bond acceptors (Lipinski definition) is 12. The fraction of sp³-hybridized carbons (Fsp3) is 0.0515. The van der Waals surface area contributed by atoms with E-state index >= 15 is 0 Å². The Labute approximate surface area is 858 Å². The van der Waals surface area contributed by atoms with Gasteiger partial charge in [-0.15, -0.1) is 0 Å². The van der Waals surface area contributed by atoms with E-state index in [0.29, 0.717) is 40.3 Å². The highest BCUT2D eigenvalue weighted by Crippen LogP contribution is 2.50. The second-order valence-corrected chi connectivity index (χ2v) is 38.3. The van der Waals surface area contributed by atoms with Crippen molar-refractivity contribution in [2.24, 2.45) is 0 Å². The smallest absolute Gasteiger partial charge is 0.227 e. The summed E-state index contributed by atoms with van der Waals surface area (Å²) < 4.78 is 71.8. The molecule has 6 aromatic heterocycles. The normalized spacial score (nSPS) is 12.8. The van der Waals surface area contributed by atoms with Crippen LogP contribution in [0.1, 0.15) is 56.1 Å². The maximum Gasteiger partial charge on any atom is 0.227 e. The first-order chi connectivity index (χ1) is 74.9. The Hall–Kier alpha value is -19.2. The van der Waals surface area contributed by atoms with Crippen LogP contribution in [0.2, 0.25) is 0 Å². The van der Waals surface area contributed by atoms with E-state index in [1.54, 1.807) is 6.92 Å². The molecule has 0 atom stereocenters. The summed E-state index contributed by atoms with van der Waals surface area (Å²) in [7, 11) is 0. The Balaban J connectivity index is 0.000000112. The van der Waals surface area contributed by atoms with Gasteiger partial charge in [-0.2, -0.15) is 0 Å². The monoisotopic (exact) mass is 1910 g/mol. The van der Waals surface area contributed by atoms with E-state index in [9.17, 15) is 0 Å². The molecule has 12 heteroatoms. The molecule has 0 aliphatic heterocycles. The second kappa shape index (κ2) is 36.4. The summed E-state index contributed by atoms with van der Waals surface area (Å²) in [6, 6.07) is 155. The molecule has 6 heterocycles. The van der Waals surface area contributed by atoms with Gasteiger partial charge in [0.15, 0.2) is 16.7 Å². The highest BCUT2D eigenvalue weighted by Gasteiger charge is 2.27. The van der Waals surface area contributed by atoms with Gasteiger partial charge in [-0.3, -0.25) is 0 Å². The van der Waals surface area contributed by atoms with Gasteiger partial charge in [-0.05, 0) is 308 Å². The van der Waals surface area contributed by atoms with E-state index in [-0.39, 0.29) is 25.6 Å². The predicted octanol–water partition coefficient (Wildman–Crippen LogP) is 39.4. The largest absolute Gasteiger partial charge is 0.456 e. The van der Waals surface area contributed by atoms with Gasteiger partial charge in [0.2, 0.25) is 17.7 Å². The van der Waals surface area contributed by atoms with Gasteiger partial charge in [0.1, 0.15) is 50.0 Å². The van der Waals surface area contributed by atoms with Crippen LogP contribution in [0.25, 0.3) is 220 Å². The third-order valence-corrected chi connectivity index (χ3v) is 29.5. The fourth-order valence-corrected chi connectivity index (χ4v) is 22.2. The first-order valence-electron chi connectivity index (χ1n) is 52.4. The van der Waals surface area contributed by atoms with Crippen molar-refractivity contribution in [3.05, 3.63) is 484 Å². The molecule has 0 bridgehead atoms. The topological polar surface area (TPSA) is 127 Å². The third-order valence-electron chi connectivity index (χ3n) is 29.5. The van der Waals surface area contributed by atoms with E-state index in [2.05, 4.69) is 282 Å². The third kappa shape index (κ3) is 15.6. The number of rotatable bonds is 15. The van der Waals surface area contributed by atoms with Crippen molar-refractivity contribution < 1.29 is 33.4 Å². The number of para-hydroxylation sites is 4. The number of anilines is 9. The lowest BCUT2D eigenvalue weighted by atomic mass is 9.84. The maximum absolute atomic E-state index is 8.67. The number of aromatic nitrogens is 3. The molecule has 12 nitrogen and oxygen atoms in total. The zero-order chi connectivity index (χ0) is 101.